The van der Waals surface area contributed by atoms with Gasteiger partial charge in [0.15, 0.2) is 0 Å². The number of hydrogen-bond donors (Lipinski definition) is 0. The maximum absolute atomic E-state index is 5.43. The molecule has 1 aromatic rings. The zero-order chi connectivity index (χ0) is 12.7. The summed E-state index contributed by atoms with van der Waals surface area (Å²) >= 11 is 0. The van der Waals surface area contributed by atoms with E-state index in [0.29, 0.717) is 0 Å². The smallest absolute Gasteiger partial charge is 0.119 e. The third kappa shape index (κ3) is 7.72. The number of ether oxygens (including phenoxy) is 1. The van der Waals surface area contributed by atoms with Crippen LogP contribution in [-0.4, -0.2) is 38.8 Å². The molecule has 0 radical (unpaired) electrons. The summed E-state index contributed by atoms with van der Waals surface area (Å²) in [7, 11) is 6.74. The van der Waals surface area contributed by atoms with Crippen molar-refractivity contribution in [2.24, 2.45) is 0 Å². The number of benzene rings is 1. The van der Waals surface area contributed by atoms with Gasteiger partial charge < -0.3 is 26.2 Å². The fourth-order valence-corrected chi connectivity index (χ4v) is 1.83. The molecular weight excluding hydrogens is 290 g/mol. The monoisotopic (exact) mass is 315 g/mol. The van der Waals surface area contributed by atoms with Crippen molar-refractivity contribution in [3.8, 4) is 5.75 Å². The first-order valence-corrected chi connectivity index (χ1v) is 6.53. The third-order valence-electron chi connectivity index (χ3n) is 2.78. The van der Waals surface area contributed by atoms with Crippen LogP contribution >= 0.6 is 0 Å². The molecule has 0 fully saturated rings. The molecule has 0 saturated heterocycles. The largest absolute Gasteiger partial charge is 1.00 e. The Morgan fingerprint density at radius 3 is 2.11 bits per heavy atom. The van der Waals surface area contributed by atoms with Crippen molar-refractivity contribution in [1.29, 1.82) is 0 Å². The predicted molar refractivity (Wildman–Crippen MR) is 73.4 cm³/mol. The van der Waals surface area contributed by atoms with E-state index in [4.69, 9.17) is 4.74 Å². The Bertz CT molecular complexity index is 316. The van der Waals surface area contributed by atoms with Crippen molar-refractivity contribution >= 4 is 0 Å². The molecule has 0 bridgehead atoms. The standard InChI is InChI=1S/C15H26NO.BrH/c1-5-17-15-11-9-14(10-12-15)8-6-7-13-16(2,3)4;/h9-12H,5-8,13H2,1-4H3;1H/q+1;/p-1. The highest BCUT2D eigenvalue weighted by molar-refractivity contribution is 5.27. The van der Waals surface area contributed by atoms with Gasteiger partial charge in [-0.3, -0.25) is 0 Å². The highest BCUT2D eigenvalue weighted by atomic mass is 79.9. The van der Waals surface area contributed by atoms with E-state index in [2.05, 4.69) is 45.4 Å². The van der Waals surface area contributed by atoms with Crippen molar-refractivity contribution < 1.29 is 26.2 Å². The Labute approximate surface area is 122 Å². The van der Waals surface area contributed by atoms with Gasteiger partial charge in [0.2, 0.25) is 0 Å². The quantitative estimate of drug-likeness (QED) is 0.513. The van der Waals surface area contributed by atoms with E-state index in [1.54, 1.807) is 0 Å². The van der Waals surface area contributed by atoms with Crippen LogP contribution in [0.5, 0.6) is 5.75 Å². The summed E-state index contributed by atoms with van der Waals surface area (Å²) in [4.78, 5) is 0. The molecule has 1 aromatic carbocycles. The molecule has 0 atom stereocenters. The van der Waals surface area contributed by atoms with E-state index >= 15 is 0 Å². The Kier molecular flexibility index (Phi) is 8.29. The third-order valence-corrected chi connectivity index (χ3v) is 2.78. The van der Waals surface area contributed by atoms with Crippen LogP contribution in [0.1, 0.15) is 25.3 Å². The molecule has 0 aromatic heterocycles. The fraction of sp³-hybridized carbons (Fsp3) is 0.600. The number of aryl methyl sites for hydroxylation is 1. The average Bonchev–Trinajstić information content (AvgIpc) is 2.26. The maximum atomic E-state index is 5.43. The molecule has 0 amide bonds. The Balaban J connectivity index is 0.00000289. The van der Waals surface area contributed by atoms with Gasteiger partial charge in [-0.25, -0.2) is 0 Å². The number of nitrogens with zero attached hydrogens (tertiary/aromatic N) is 1. The summed E-state index contributed by atoms with van der Waals surface area (Å²) in [5.41, 5.74) is 1.41. The second kappa shape index (κ2) is 8.54. The Hall–Kier alpha value is -0.540. The number of unbranched alkanes of at least 4 members (excludes halogenated alkanes) is 1. The lowest BCUT2D eigenvalue weighted by Crippen LogP contribution is -3.00. The number of rotatable bonds is 7. The van der Waals surface area contributed by atoms with E-state index < -0.39 is 0 Å². The number of quaternary nitrogens is 1. The van der Waals surface area contributed by atoms with Crippen LogP contribution < -0.4 is 21.7 Å². The molecule has 0 spiro atoms. The normalized spacial score (nSPS) is 10.9. The number of hydrogen-bond acceptors (Lipinski definition) is 1. The van der Waals surface area contributed by atoms with Gasteiger partial charge >= 0.3 is 0 Å². The molecule has 0 unspecified atom stereocenters. The van der Waals surface area contributed by atoms with Crippen molar-refractivity contribution in [3.05, 3.63) is 29.8 Å². The van der Waals surface area contributed by atoms with Crippen LogP contribution in [0.15, 0.2) is 24.3 Å². The van der Waals surface area contributed by atoms with Gasteiger partial charge in [0.25, 0.3) is 0 Å². The van der Waals surface area contributed by atoms with Crippen LogP contribution in [-0.2, 0) is 6.42 Å². The minimum atomic E-state index is 0. The summed E-state index contributed by atoms with van der Waals surface area (Å²) in [5, 5.41) is 0. The molecule has 0 heterocycles. The lowest BCUT2D eigenvalue weighted by atomic mass is 10.1. The second-order valence-corrected chi connectivity index (χ2v) is 5.55. The van der Waals surface area contributed by atoms with Gasteiger partial charge in [-0.05, 0) is 43.9 Å². The number of halogens is 1. The first-order chi connectivity index (χ1) is 8.01. The molecular formula is C15H26BrNO. The van der Waals surface area contributed by atoms with Gasteiger partial charge in [0, 0.05) is 0 Å². The van der Waals surface area contributed by atoms with Crippen LogP contribution in [0.4, 0.5) is 0 Å². The lowest BCUT2D eigenvalue weighted by molar-refractivity contribution is -0.870. The molecule has 104 valence electrons. The Morgan fingerprint density at radius 1 is 1.00 bits per heavy atom. The summed E-state index contributed by atoms with van der Waals surface area (Å²) in [6.45, 7) is 4.00. The zero-order valence-electron chi connectivity index (χ0n) is 12.1. The molecule has 0 saturated carbocycles. The van der Waals surface area contributed by atoms with E-state index in [0.717, 1.165) is 16.8 Å². The minimum Gasteiger partial charge on any atom is -1.00 e. The molecule has 18 heavy (non-hydrogen) atoms. The molecule has 0 aliphatic heterocycles. The topological polar surface area (TPSA) is 9.23 Å². The highest BCUT2D eigenvalue weighted by Crippen LogP contribution is 2.14. The van der Waals surface area contributed by atoms with Gasteiger partial charge in [-0.15, -0.1) is 0 Å². The molecule has 0 aliphatic carbocycles. The van der Waals surface area contributed by atoms with E-state index in [9.17, 15) is 0 Å². The van der Waals surface area contributed by atoms with Crippen molar-refractivity contribution in [2.75, 3.05) is 34.3 Å². The first kappa shape index (κ1) is 17.5. The van der Waals surface area contributed by atoms with Crippen molar-refractivity contribution in [1.82, 2.24) is 0 Å². The van der Waals surface area contributed by atoms with Gasteiger partial charge in [0.1, 0.15) is 5.75 Å². The fourth-order valence-electron chi connectivity index (χ4n) is 1.83. The van der Waals surface area contributed by atoms with Crippen molar-refractivity contribution in [3.63, 3.8) is 0 Å². The average molecular weight is 316 g/mol. The van der Waals surface area contributed by atoms with Gasteiger partial charge in [0.05, 0.1) is 34.3 Å². The molecule has 2 nitrogen and oxygen atoms in total. The van der Waals surface area contributed by atoms with Crippen LogP contribution in [0, 0.1) is 0 Å². The molecule has 3 heteroatoms. The first-order valence-electron chi connectivity index (χ1n) is 6.53. The lowest BCUT2D eigenvalue weighted by Gasteiger charge is -2.23. The zero-order valence-corrected chi connectivity index (χ0v) is 13.7. The van der Waals surface area contributed by atoms with Crippen LogP contribution in [0.2, 0.25) is 0 Å². The molecule has 0 N–H and O–H groups in total. The second-order valence-electron chi connectivity index (χ2n) is 5.55. The summed E-state index contributed by atoms with van der Waals surface area (Å²) in [6, 6.07) is 8.49. The van der Waals surface area contributed by atoms with E-state index in [1.165, 1.54) is 31.4 Å². The summed E-state index contributed by atoms with van der Waals surface area (Å²) in [6.07, 6.45) is 3.73. The predicted octanol–water partition coefficient (Wildman–Crippen LogP) is 0.118. The minimum absolute atomic E-state index is 0. The van der Waals surface area contributed by atoms with Crippen LogP contribution in [0.25, 0.3) is 0 Å². The van der Waals surface area contributed by atoms with E-state index in [1.807, 2.05) is 6.92 Å². The Morgan fingerprint density at radius 2 is 1.61 bits per heavy atom. The molecule has 1 rings (SSSR count). The van der Waals surface area contributed by atoms with Crippen molar-refractivity contribution in [2.45, 2.75) is 26.2 Å². The maximum Gasteiger partial charge on any atom is 0.119 e. The van der Waals surface area contributed by atoms with Gasteiger partial charge in [-0.2, -0.15) is 0 Å². The van der Waals surface area contributed by atoms with Crippen LogP contribution in [0.3, 0.4) is 0 Å². The van der Waals surface area contributed by atoms with E-state index in [-0.39, 0.29) is 17.0 Å². The van der Waals surface area contributed by atoms with Gasteiger partial charge in [-0.1, -0.05) is 12.1 Å². The highest BCUT2D eigenvalue weighted by Gasteiger charge is 2.05. The molecule has 0 aliphatic rings. The SMILES string of the molecule is CCOc1ccc(CCCC[N+](C)(C)C)cc1.[Br-]. The summed E-state index contributed by atoms with van der Waals surface area (Å²) < 4.78 is 6.49. The summed E-state index contributed by atoms with van der Waals surface area (Å²) in [5.74, 6) is 0.975.